The van der Waals surface area contributed by atoms with E-state index in [4.69, 9.17) is 0 Å². The molecule has 1 saturated heterocycles. The Kier molecular flexibility index (Phi) is 5.70. The molecule has 1 aromatic rings. The lowest BCUT2D eigenvalue weighted by atomic mass is 10.2. The van der Waals surface area contributed by atoms with Crippen molar-refractivity contribution in [2.45, 2.75) is 57.3 Å². The number of rotatable bonds is 6. The van der Waals surface area contributed by atoms with E-state index in [0.717, 1.165) is 35.6 Å². The van der Waals surface area contributed by atoms with Crippen LogP contribution in [-0.4, -0.2) is 42.2 Å². The minimum Gasteiger partial charge on any atom is -0.310 e. The van der Waals surface area contributed by atoms with Crippen LogP contribution in [0.5, 0.6) is 0 Å². The average molecular weight is 332 g/mol. The van der Waals surface area contributed by atoms with Crippen LogP contribution in [0.1, 0.15) is 37.9 Å². The van der Waals surface area contributed by atoms with E-state index >= 15 is 0 Å². The molecule has 1 unspecified atom stereocenters. The van der Waals surface area contributed by atoms with Gasteiger partial charge in [0.05, 0.1) is 0 Å². The first kappa shape index (κ1) is 16.8. The molecule has 0 amide bonds. The van der Waals surface area contributed by atoms with Crippen molar-refractivity contribution in [3.63, 3.8) is 0 Å². The first-order valence-corrected chi connectivity index (χ1v) is 9.91. The van der Waals surface area contributed by atoms with Crippen LogP contribution in [0.25, 0.3) is 0 Å². The Balaban J connectivity index is 2.15. The summed E-state index contributed by atoms with van der Waals surface area (Å²) in [5, 5.41) is 10.2. The smallest absolute Gasteiger partial charge is 0.260 e. The van der Waals surface area contributed by atoms with Crippen LogP contribution in [-0.2, 0) is 16.6 Å². The van der Waals surface area contributed by atoms with Crippen molar-refractivity contribution in [1.29, 1.82) is 0 Å². The zero-order chi connectivity index (χ0) is 15.5. The molecule has 1 fully saturated rings. The average Bonchev–Trinajstić information content (AvgIpc) is 2.79. The van der Waals surface area contributed by atoms with Crippen LogP contribution in [0.3, 0.4) is 0 Å². The van der Waals surface area contributed by atoms with Crippen LogP contribution in [0.4, 0.5) is 0 Å². The van der Waals surface area contributed by atoms with Gasteiger partial charge in [0.15, 0.2) is 5.03 Å². The highest BCUT2D eigenvalue weighted by molar-refractivity contribution is 7.99. The van der Waals surface area contributed by atoms with Crippen LogP contribution < -0.4 is 10.0 Å². The third-order valence-corrected chi connectivity index (χ3v) is 6.17. The molecule has 0 radical (unpaired) electrons. The van der Waals surface area contributed by atoms with Crippen molar-refractivity contribution in [3.05, 3.63) is 11.3 Å². The van der Waals surface area contributed by atoms with Crippen LogP contribution in [0, 0.1) is 6.92 Å². The molecular formula is C13H24N4O2S2. The number of nitrogens with one attached hydrogen (secondary N) is 3. The molecular weight excluding hydrogens is 308 g/mol. The van der Waals surface area contributed by atoms with Crippen LogP contribution in [0.15, 0.2) is 5.03 Å². The molecule has 120 valence electrons. The maximum atomic E-state index is 12.5. The van der Waals surface area contributed by atoms with Crippen LogP contribution in [0.2, 0.25) is 0 Å². The molecule has 1 aliphatic heterocycles. The van der Waals surface area contributed by atoms with Gasteiger partial charge >= 0.3 is 0 Å². The predicted octanol–water partition coefficient (Wildman–Crippen LogP) is 1.39. The van der Waals surface area contributed by atoms with Crippen molar-refractivity contribution >= 4 is 21.8 Å². The molecule has 0 aliphatic carbocycles. The number of hydrogen-bond donors (Lipinski definition) is 3. The highest BCUT2D eigenvalue weighted by Crippen LogP contribution is 2.21. The molecule has 3 N–H and O–H groups in total. The summed E-state index contributed by atoms with van der Waals surface area (Å²) in [5.41, 5.74) is 1.52. The van der Waals surface area contributed by atoms with Crippen molar-refractivity contribution in [3.8, 4) is 0 Å². The van der Waals surface area contributed by atoms with E-state index in [0.29, 0.717) is 6.54 Å². The lowest BCUT2D eigenvalue weighted by molar-refractivity contribution is 0.535. The van der Waals surface area contributed by atoms with E-state index in [1.807, 2.05) is 20.8 Å². The maximum Gasteiger partial charge on any atom is 0.260 e. The lowest BCUT2D eigenvalue weighted by Gasteiger charge is -2.22. The van der Waals surface area contributed by atoms with E-state index in [9.17, 15) is 8.42 Å². The van der Waals surface area contributed by atoms with E-state index in [2.05, 4.69) is 20.2 Å². The minimum absolute atomic E-state index is 0.0108. The van der Waals surface area contributed by atoms with E-state index < -0.39 is 10.0 Å². The predicted molar refractivity (Wildman–Crippen MR) is 86.0 cm³/mol. The molecule has 1 atom stereocenters. The summed E-state index contributed by atoms with van der Waals surface area (Å²) in [7, 11) is -3.56. The fourth-order valence-corrected chi connectivity index (χ4v) is 4.92. The molecule has 0 saturated carbocycles. The summed E-state index contributed by atoms with van der Waals surface area (Å²) in [5.74, 6) is 1.95. The molecule has 1 aliphatic rings. The standard InChI is InChI=1S/C13H24N4O2S2/c1-9(2)14-7-12-10(3)15-16-13(12)21(18,19)17-11-5-4-6-20-8-11/h9,11,14,17H,4-8H2,1-3H3,(H,15,16). The Hall–Kier alpha value is -0.570. The molecule has 0 aromatic carbocycles. The summed E-state index contributed by atoms with van der Waals surface area (Å²) < 4.78 is 27.9. The van der Waals surface area contributed by atoms with Crippen molar-refractivity contribution in [2.24, 2.45) is 0 Å². The molecule has 1 aromatic heterocycles. The summed E-state index contributed by atoms with van der Waals surface area (Å²) in [6.45, 7) is 6.40. The van der Waals surface area contributed by atoms with Gasteiger partial charge in [-0.05, 0) is 25.5 Å². The summed E-state index contributed by atoms with van der Waals surface area (Å²) >= 11 is 1.79. The number of hydrogen-bond acceptors (Lipinski definition) is 5. The molecule has 6 nitrogen and oxygen atoms in total. The van der Waals surface area contributed by atoms with E-state index in [1.165, 1.54) is 0 Å². The number of aromatic nitrogens is 2. The minimum atomic E-state index is -3.56. The highest BCUT2D eigenvalue weighted by Gasteiger charge is 2.27. The second-order valence-corrected chi connectivity index (χ2v) is 8.48. The maximum absolute atomic E-state index is 12.5. The summed E-state index contributed by atoms with van der Waals surface area (Å²) in [4.78, 5) is 0. The Labute approximate surface area is 130 Å². The Morgan fingerprint density at radius 2 is 2.24 bits per heavy atom. The zero-order valence-electron chi connectivity index (χ0n) is 12.8. The summed E-state index contributed by atoms with van der Waals surface area (Å²) in [6.07, 6.45) is 1.95. The Bertz CT molecular complexity index is 563. The van der Waals surface area contributed by atoms with Gasteiger partial charge in [0, 0.05) is 35.6 Å². The van der Waals surface area contributed by atoms with Gasteiger partial charge < -0.3 is 5.32 Å². The van der Waals surface area contributed by atoms with E-state index in [1.54, 1.807) is 11.8 Å². The molecule has 0 spiro atoms. The second kappa shape index (κ2) is 7.13. The van der Waals surface area contributed by atoms with Gasteiger partial charge in [0.25, 0.3) is 10.0 Å². The van der Waals surface area contributed by atoms with Crippen molar-refractivity contribution in [2.75, 3.05) is 11.5 Å². The quantitative estimate of drug-likeness (QED) is 0.733. The molecule has 2 heterocycles. The highest BCUT2D eigenvalue weighted by atomic mass is 32.2. The van der Waals surface area contributed by atoms with Gasteiger partial charge in [-0.25, -0.2) is 13.1 Å². The molecule has 8 heteroatoms. The normalized spacial score (nSPS) is 20.1. The topological polar surface area (TPSA) is 86.9 Å². The fraction of sp³-hybridized carbons (Fsp3) is 0.769. The van der Waals surface area contributed by atoms with E-state index in [-0.39, 0.29) is 17.1 Å². The van der Waals surface area contributed by atoms with Crippen molar-refractivity contribution in [1.82, 2.24) is 20.2 Å². The number of aryl methyl sites for hydroxylation is 1. The Morgan fingerprint density at radius 1 is 1.48 bits per heavy atom. The SMILES string of the molecule is Cc1[nH]nc(S(=O)(=O)NC2CCCSC2)c1CNC(C)C. The fourth-order valence-electron chi connectivity index (χ4n) is 2.28. The molecule has 2 rings (SSSR count). The van der Waals surface area contributed by atoms with Gasteiger partial charge in [0.2, 0.25) is 0 Å². The number of thioether (sulfide) groups is 1. The third-order valence-electron chi connectivity index (χ3n) is 3.46. The lowest BCUT2D eigenvalue weighted by Crippen LogP contribution is -2.39. The number of nitrogens with zero attached hydrogens (tertiary/aromatic N) is 1. The van der Waals surface area contributed by atoms with Crippen LogP contribution >= 0.6 is 11.8 Å². The number of sulfonamides is 1. The van der Waals surface area contributed by atoms with Gasteiger partial charge in [-0.3, -0.25) is 5.10 Å². The monoisotopic (exact) mass is 332 g/mol. The first-order valence-electron chi connectivity index (χ1n) is 7.27. The van der Waals surface area contributed by atoms with Gasteiger partial charge in [-0.2, -0.15) is 16.9 Å². The third kappa shape index (κ3) is 4.45. The Morgan fingerprint density at radius 3 is 2.86 bits per heavy atom. The van der Waals surface area contributed by atoms with Gasteiger partial charge in [0.1, 0.15) is 0 Å². The molecule has 0 bridgehead atoms. The first-order chi connectivity index (χ1) is 9.90. The van der Waals surface area contributed by atoms with Gasteiger partial charge in [-0.15, -0.1) is 0 Å². The summed E-state index contributed by atoms with van der Waals surface area (Å²) in [6, 6.07) is 0.300. The van der Waals surface area contributed by atoms with Crippen molar-refractivity contribution < 1.29 is 8.42 Å². The number of aromatic amines is 1. The van der Waals surface area contributed by atoms with Gasteiger partial charge in [-0.1, -0.05) is 13.8 Å². The largest absolute Gasteiger partial charge is 0.310 e. The molecule has 21 heavy (non-hydrogen) atoms. The second-order valence-electron chi connectivity index (χ2n) is 5.70. The number of H-pyrrole nitrogens is 1. The zero-order valence-corrected chi connectivity index (χ0v) is 14.4.